The van der Waals surface area contributed by atoms with E-state index in [0.29, 0.717) is 31.2 Å². The van der Waals surface area contributed by atoms with Crippen LogP contribution in [0.15, 0.2) is 24.3 Å². The summed E-state index contributed by atoms with van der Waals surface area (Å²) in [7, 11) is 0. The molecule has 1 rings (SSSR count). The number of hydrogen-bond acceptors (Lipinski definition) is 13. The van der Waals surface area contributed by atoms with Gasteiger partial charge in [-0.05, 0) is 81.0 Å². The first-order chi connectivity index (χ1) is 31.0. The maximum Gasteiger partial charge on any atom is 0.326 e. The smallest absolute Gasteiger partial charge is 0.326 e. The van der Waals surface area contributed by atoms with Gasteiger partial charge in [0.2, 0.25) is 47.3 Å². The van der Waals surface area contributed by atoms with Crippen LogP contribution >= 0.6 is 0 Å². The zero-order valence-corrected chi connectivity index (χ0v) is 38.2. The number of guanidine groups is 1. The lowest BCUT2D eigenvalue weighted by Gasteiger charge is -2.29. The molecule has 0 radical (unpaired) electrons. The van der Waals surface area contributed by atoms with Crippen LogP contribution in [0.3, 0.4) is 0 Å². The number of rotatable bonds is 32. The third-order valence-corrected chi connectivity index (χ3v) is 10.4. The number of carboxylic acids is 1. The lowest BCUT2D eigenvalue weighted by atomic mass is 9.96. The summed E-state index contributed by atoms with van der Waals surface area (Å²) in [5, 5.41) is 44.6. The standard InChI is InChI=1S/C42H71N13O11/c1-5-23(4)34(55-35(59)26(44)19-22(2)3)40(64)54-30(20-24-11-13-25(56)14-12-24)38(62)50-27(10-8-18-49-42(47)48)36(60)53-31(21-33(46)58)39(63)51-28(15-16-32(45)57)37(61)52-29(41(65)66)9-6-7-17-43/h11-14,22-23,26-31,34,56H,5-10,15-21,43-44H2,1-4H3,(H2,45,57)(H2,46,58)(H,50,62)(H,51,63)(H,52,61)(H,53,60)(H,54,64)(H,55,59)(H,65,66)(H4,47,48,49)/t23-,26-,27-,28-,29-,30-,31-,34-/m0/s1. The lowest BCUT2D eigenvalue weighted by Crippen LogP contribution is -2.61. The summed E-state index contributed by atoms with van der Waals surface area (Å²) in [5.74, 6) is -9.51. The van der Waals surface area contributed by atoms with Gasteiger partial charge in [-0.15, -0.1) is 0 Å². The molecule has 0 aliphatic heterocycles. The summed E-state index contributed by atoms with van der Waals surface area (Å²) in [4.78, 5) is 118. The van der Waals surface area contributed by atoms with Crippen LogP contribution in [-0.4, -0.2) is 125 Å². The minimum Gasteiger partial charge on any atom is -0.508 e. The minimum atomic E-state index is -1.79. The highest BCUT2D eigenvalue weighted by Crippen LogP contribution is 2.15. The number of hydrogen-bond donors (Lipinski definition) is 15. The van der Waals surface area contributed by atoms with Crippen molar-refractivity contribution in [3.8, 4) is 5.75 Å². The Morgan fingerprint density at radius 1 is 0.652 bits per heavy atom. The first kappa shape index (κ1) is 57.5. The van der Waals surface area contributed by atoms with Crippen LogP contribution in [0.1, 0.15) is 97.5 Å². The van der Waals surface area contributed by atoms with Gasteiger partial charge in [0, 0.05) is 19.4 Å². The van der Waals surface area contributed by atoms with Gasteiger partial charge < -0.3 is 76.1 Å². The number of carbonyl (C=O) groups is 9. The van der Waals surface area contributed by atoms with E-state index >= 15 is 0 Å². The maximum absolute atomic E-state index is 14.3. The van der Waals surface area contributed by atoms with Gasteiger partial charge in [-0.1, -0.05) is 46.2 Å². The van der Waals surface area contributed by atoms with Gasteiger partial charge in [0.15, 0.2) is 5.96 Å². The summed E-state index contributed by atoms with van der Waals surface area (Å²) in [6.07, 6.45) is -0.343. The molecule has 0 bridgehead atoms. The second-order valence-electron chi connectivity index (χ2n) is 16.6. The number of amides is 8. The van der Waals surface area contributed by atoms with Crippen molar-refractivity contribution in [2.24, 2.45) is 40.5 Å². The number of nitrogens with two attached hydrogens (primary N) is 5. The average Bonchev–Trinajstić information content (AvgIpc) is 3.23. The van der Waals surface area contributed by atoms with E-state index in [1.165, 1.54) is 24.3 Å². The number of unbranched alkanes of at least 4 members (excludes halogenated alkanes) is 1. The van der Waals surface area contributed by atoms with Crippen molar-refractivity contribution in [2.75, 3.05) is 13.1 Å². The molecule has 370 valence electrons. The minimum absolute atomic E-state index is 0.00814. The molecule has 0 unspecified atom stereocenters. The largest absolute Gasteiger partial charge is 0.508 e. The molecule has 8 atom stereocenters. The van der Waals surface area contributed by atoms with Crippen LogP contribution in [0, 0.1) is 17.2 Å². The predicted molar refractivity (Wildman–Crippen MR) is 242 cm³/mol. The first-order valence-electron chi connectivity index (χ1n) is 21.9. The van der Waals surface area contributed by atoms with Crippen LogP contribution < -0.4 is 65.9 Å². The molecule has 0 saturated heterocycles. The molecule has 8 amide bonds. The van der Waals surface area contributed by atoms with Gasteiger partial charge in [0.25, 0.3) is 0 Å². The van der Waals surface area contributed by atoms with Crippen LogP contribution in [0.4, 0.5) is 0 Å². The summed E-state index contributed by atoms with van der Waals surface area (Å²) in [6.45, 7) is 7.62. The number of phenols is 1. The Bertz CT molecular complexity index is 1820. The highest BCUT2D eigenvalue weighted by atomic mass is 16.4. The third-order valence-electron chi connectivity index (χ3n) is 10.4. The van der Waals surface area contributed by atoms with Crippen molar-refractivity contribution < 1.29 is 53.4 Å². The Hall–Kier alpha value is -6.56. The Labute approximate surface area is 384 Å². The van der Waals surface area contributed by atoms with Crippen LogP contribution in [-0.2, 0) is 49.6 Å². The molecule has 66 heavy (non-hydrogen) atoms. The van der Waals surface area contributed by atoms with Gasteiger partial charge >= 0.3 is 5.97 Å². The average molecular weight is 934 g/mol. The highest BCUT2D eigenvalue weighted by molar-refractivity contribution is 5.98. The van der Waals surface area contributed by atoms with E-state index < -0.39 is 121 Å². The SMILES string of the molecule is CC[C@H](C)[C@H](NC(=O)[C@@H](N)CC(C)C)C(=O)N[C@@H](Cc1ccc(O)cc1)C(=O)N[C@@H](CCCNC(=N)N)C(=O)N[C@@H](CC(N)=O)C(=O)N[C@@H](CCC(N)=O)C(=O)N[C@@H](CCCCN)C(=O)O. The summed E-state index contributed by atoms with van der Waals surface area (Å²) < 4.78 is 0. The van der Waals surface area contributed by atoms with Gasteiger partial charge in [0.05, 0.1) is 12.5 Å². The quantitative estimate of drug-likeness (QED) is 0.0193. The van der Waals surface area contributed by atoms with Crippen LogP contribution in [0.5, 0.6) is 5.75 Å². The van der Waals surface area contributed by atoms with Crippen molar-refractivity contribution in [1.82, 2.24) is 37.2 Å². The van der Waals surface area contributed by atoms with Crippen molar-refractivity contribution in [2.45, 2.75) is 141 Å². The monoisotopic (exact) mass is 934 g/mol. The van der Waals surface area contributed by atoms with Crippen molar-refractivity contribution >= 4 is 59.2 Å². The number of phenolic OH excluding ortho intramolecular Hbond substituents is 1. The zero-order valence-electron chi connectivity index (χ0n) is 38.2. The molecule has 0 fully saturated rings. The second-order valence-corrected chi connectivity index (χ2v) is 16.6. The van der Waals surface area contributed by atoms with E-state index in [1.807, 2.05) is 13.8 Å². The van der Waals surface area contributed by atoms with E-state index in [0.717, 1.165) is 0 Å². The number of primary amides is 2. The number of aromatic hydroxyl groups is 1. The van der Waals surface area contributed by atoms with Crippen LogP contribution in [0.25, 0.3) is 0 Å². The highest BCUT2D eigenvalue weighted by Gasteiger charge is 2.35. The normalized spacial score (nSPS) is 14.7. The van der Waals surface area contributed by atoms with Gasteiger partial charge in [0.1, 0.15) is 42.0 Å². The Morgan fingerprint density at radius 3 is 1.68 bits per heavy atom. The molecule has 1 aromatic rings. The Kier molecular flexibility index (Phi) is 25.9. The predicted octanol–water partition coefficient (Wildman–Crippen LogP) is -3.12. The summed E-state index contributed by atoms with van der Waals surface area (Å²) >= 11 is 0. The van der Waals surface area contributed by atoms with Gasteiger partial charge in [-0.25, -0.2) is 4.79 Å². The van der Waals surface area contributed by atoms with E-state index in [9.17, 15) is 53.4 Å². The molecule has 0 aliphatic carbocycles. The third kappa shape index (κ3) is 22.4. The molecule has 24 heteroatoms. The van der Waals surface area contributed by atoms with Crippen molar-refractivity contribution in [3.63, 3.8) is 0 Å². The van der Waals surface area contributed by atoms with Crippen LogP contribution in [0.2, 0.25) is 0 Å². The number of carbonyl (C=O) groups excluding carboxylic acids is 8. The van der Waals surface area contributed by atoms with E-state index in [1.54, 1.807) is 13.8 Å². The fourth-order valence-electron chi connectivity index (χ4n) is 6.52. The zero-order chi connectivity index (χ0) is 50.1. The summed E-state index contributed by atoms with van der Waals surface area (Å²) in [6, 6.07) is -4.01. The Morgan fingerprint density at radius 2 is 1.17 bits per heavy atom. The van der Waals surface area contributed by atoms with E-state index in [4.69, 9.17) is 34.1 Å². The van der Waals surface area contributed by atoms with Gasteiger partial charge in [-0.2, -0.15) is 0 Å². The molecule has 0 spiro atoms. The molecule has 24 nitrogen and oxygen atoms in total. The molecular weight excluding hydrogens is 863 g/mol. The molecule has 0 saturated carbocycles. The fraction of sp³-hybridized carbons (Fsp3) is 0.619. The molecule has 1 aromatic carbocycles. The summed E-state index contributed by atoms with van der Waals surface area (Å²) in [5.41, 5.74) is 28.2. The molecular formula is C42H71N13O11. The molecule has 0 heterocycles. The number of benzene rings is 1. The number of carboxylic acid groups (broad SMARTS) is 1. The molecule has 0 aromatic heterocycles. The van der Waals surface area contributed by atoms with Crippen molar-refractivity contribution in [3.05, 3.63) is 29.8 Å². The number of nitrogens with one attached hydrogen (secondary N) is 8. The molecule has 20 N–H and O–H groups in total. The first-order valence-corrected chi connectivity index (χ1v) is 21.9. The fourth-order valence-corrected chi connectivity index (χ4v) is 6.52. The maximum atomic E-state index is 14.3. The van der Waals surface area contributed by atoms with E-state index in [-0.39, 0.29) is 56.4 Å². The number of aliphatic carboxylic acids is 1. The van der Waals surface area contributed by atoms with Gasteiger partial charge in [-0.3, -0.25) is 43.8 Å². The van der Waals surface area contributed by atoms with Crippen molar-refractivity contribution in [1.29, 1.82) is 5.41 Å². The topological polar surface area (TPSA) is 432 Å². The lowest BCUT2D eigenvalue weighted by molar-refractivity contribution is -0.142. The van der Waals surface area contributed by atoms with E-state index in [2.05, 4.69) is 37.2 Å². The molecule has 0 aliphatic rings. The second kappa shape index (κ2) is 29.8. The Balaban J connectivity index is 3.59.